The minimum absolute atomic E-state index is 0.151. The van der Waals surface area contributed by atoms with Gasteiger partial charge in [0.1, 0.15) is 0 Å². The maximum Gasteiger partial charge on any atom is 0.276 e. The molecule has 0 saturated carbocycles. The molecule has 0 aromatic heterocycles. The molecular formula is C10H15N3O3. The first-order valence-corrected chi connectivity index (χ1v) is 4.79. The number of likely N-dealkylation sites (N-methyl/N-ethyl adjacent to an activating group) is 1. The van der Waals surface area contributed by atoms with E-state index in [1.807, 2.05) is 0 Å². The van der Waals surface area contributed by atoms with Crippen molar-refractivity contribution in [2.45, 2.75) is 6.92 Å². The van der Waals surface area contributed by atoms with Crippen LogP contribution in [-0.2, 0) is 14.4 Å². The Hall–Kier alpha value is -1.82. The van der Waals surface area contributed by atoms with Gasteiger partial charge in [-0.15, -0.1) is 0 Å². The van der Waals surface area contributed by atoms with Crippen LogP contribution in [0.15, 0.2) is 23.9 Å². The normalized spacial score (nSPS) is 14.4. The zero-order valence-electron chi connectivity index (χ0n) is 9.56. The van der Waals surface area contributed by atoms with Gasteiger partial charge in [0.05, 0.1) is 13.7 Å². The smallest absolute Gasteiger partial charge is 0.276 e. The lowest BCUT2D eigenvalue weighted by molar-refractivity contribution is -0.163. The minimum Gasteiger partial charge on any atom is -0.289 e. The van der Waals surface area contributed by atoms with Gasteiger partial charge in [0.15, 0.2) is 0 Å². The van der Waals surface area contributed by atoms with Crippen LogP contribution in [0, 0.1) is 0 Å². The van der Waals surface area contributed by atoms with E-state index in [9.17, 15) is 9.59 Å². The molecule has 0 spiro atoms. The standard InChI is InChI=1S/C10H15N3O3/c1-8(14)11-13-6-4-9(5-7-13)10(15)12(2)16-3/h4-6H,7H2,1-3H3,(H,11,14). The third-order valence-electron chi connectivity index (χ3n) is 2.05. The highest BCUT2D eigenvalue weighted by Gasteiger charge is 2.15. The first-order chi connectivity index (χ1) is 7.54. The summed E-state index contributed by atoms with van der Waals surface area (Å²) in [5, 5.41) is 2.73. The molecule has 1 aliphatic rings. The molecule has 1 heterocycles. The van der Waals surface area contributed by atoms with Gasteiger partial charge >= 0.3 is 0 Å². The lowest BCUT2D eigenvalue weighted by atomic mass is 10.2. The summed E-state index contributed by atoms with van der Waals surface area (Å²) in [6, 6.07) is 0. The number of hydroxylamine groups is 2. The summed E-state index contributed by atoms with van der Waals surface area (Å²) in [6.45, 7) is 1.88. The van der Waals surface area contributed by atoms with Crippen LogP contribution in [0.3, 0.4) is 0 Å². The van der Waals surface area contributed by atoms with Crippen LogP contribution < -0.4 is 5.43 Å². The number of carbonyl (C=O) groups excluding carboxylic acids is 2. The highest BCUT2D eigenvalue weighted by molar-refractivity contribution is 5.95. The van der Waals surface area contributed by atoms with Crippen LogP contribution in [0.2, 0.25) is 0 Å². The quantitative estimate of drug-likeness (QED) is 0.676. The summed E-state index contributed by atoms with van der Waals surface area (Å²) in [7, 11) is 2.96. The van der Waals surface area contributed by atoms with E-state index in [0.717, 1.165) is 5.06 Å². The summed E-state index contributed by atoms with van der Waals surface area (Å²) in [5.74, 6) is -0.372. The van der Waals surface area contributed by atoms with E-state index in [2.05, 4.69) is 5.43 Å². The Balaban J connectivity index is 2.57. The highest BCUT2D eigenvalue weighted by Crippen LogP contribution is 2.08. The van der Waals surface area contributed by atoms with Gasteiger partial charge in [0.25, 0.3) is 5.91 Å². The van der Waals surface area contributed by atoms with Crippen LogP contribution in [0.25, 0.3) is 0 Å². The number of nitrogens with one attached hydrogen (secondary N) is 1. The van der Waals surface area contributed by atoms with Gasteiger partial charge in [0.2, 0.25) is 5.91 Å². The molecule has 0 bridgehead atoms. The molecule has 2 amide bonds. The van der Waals surface area contributed by atoms with Gasteiger partial charge < -0.3 is 0 Å². The molecule has 0 aliphatic carbocycles. The van der Waals surface area contributed by atoms with E-state index in [1.165, 1.54) is 21.1 Å². The Bertz CT molecular complexity index is 349. The monoisotopic (exact) mass is 225 g/mol. The maximum atomic E-state index is 11.6. The van der Waals surface area contributed by atoms with Crippen LogP contribution in [0.1, 0.15) is 6.92 Å². The van der Waals surface area contributed by atoms with Crippen molar-refractivity contribution in [3.8, 4) is 0 Å². The lowest BCUT2D eigenvalue weighted by Gasteiger charge is -2.23. The Morgan fingerprint density at radius 1 is 1.56 bits per heavy atom. The van der Waals surface area contributed by atoms with E-state index in [1.54, 1.807) is 23.4 Å². The zero-order chi connectivity index (χ0) is 12.1. The fourth-order valence-corrected chi connectivity index (χ4v) is 1.20. The molecule has 88 valence electrons. The number of hydrazine groups is 1. The molecular weight excluding hydrogens is 210 g/mol. The van der Waals surface area contributed by atoms with E-state index < -0.39 is 0 Å². The van der Waals surface area contributed by atoms with E-state index in [0.29, 0.717) is 12.1 Å². The number of nitrogens with zero attached hydrogens (tertiary/aromatic N) is 2. The van der Waals surface area contributed by atoms with Crippen molar-refractivity contribution < 1.29 is 14.4 Å². The second-order valence-corrected chi connectivity index (χ2v) is 3.28. The van der Waals surface area contributed by atoms with Crippen molar-refractivity contribution in [2.24, 2.45) is 0 Å². The van der Waals surface area contributed by atoms with Gasteiger partial charge in [-0.1, -0.05) is 6.08 Å². The fourth-order valence-electron chi connectivity index (χ4n) is 1.20. The maximum absolute atomic E-state index is 11.6. The molecule has 1 N–H and O–H groups in total. The van der Waals surface area contributed by atoms with Gasteiger partial charge in [0, 0.05) is 25.7 Å². The molecule has 6 nitrogen and oxygen atoms in total. The molecule has 0 saturated heterocycles. The van der Waals surface area contributed by atoms with Crippen LogP contribution in [0.4, 0.5) is 0 Å². The van der Waals surface area contributed by atoms with E-state index in [-0.39, 0.29) is 11.8 Å². The number of amides is 2. The van der Waals surface area contributed by atoms with Crippen molar-refractivity contribution in [1.29, 1.82) is 0 Å². The SMILES string of the molecule is CON(C)C(=O)C1=CCN(NC(C)=O)C=C1. The summed E-state index contributed by atoms with van der Waals surface area (Å²) in [5.41, 5.74) is 3.12. The number of carbonyl (C=O) groups is 2. The lowest BCUT2D eigenvalue weighted by Crippen LogP contribution is -2.39. The molecule has 0 aromatic carbocycles. The average Bonchev–Trinajstić information content (AvgIpc) is 2.27. The molecule has 16 heavy (non-hydrogen) atoms. The van der Waals surface area contributed by atoms with E-state index >= 15 is 0 Å². The topological polar surface area (TPSA) is 61.9 Å². The third-order valence-corrected chi connectivity index (χ3v) is 2.05. The van der Waals surface area contributed by atoms with Crippen molar-refractivity contribution in [1.82, 2.24) is 15.5 Å². The molecule has 0 aromatic rings. The molecule has 0 unspecified atom stereocenters. The molecule has 1 rings (SSSR count). The minimum atomic E-state index is -0.221. The second-order valence-electron chi connectivity index (χ2n) is 3.28. The summed E-state index contributed by atoms with van der Waals surface area (Å²) >= 11 is 0. The Labute approximate surface area is 94.1 Å². The molecule has 0 atom stereocenters. The Morgan fingerprint density at radius 2 is 2.25 bits per heavy atom. The first kappa shape index (κ1) is 12.3. The molecule has 6 heteroatoms. The number of hydrogen-bond donors (Lipinski definition) is 1. The van der Waals surface area contributed by atoms with E-state index in [4.69, 9.17) is 4.84 Å². The van der Waals surface area contributed by atoms with Crippen molar-refractivity contribution in [3.05, 3.63) is 23.9 Å². The number of hydrogen-bond acceptors (Lipinski definition) is 4. The summed E-state index contributed by atoms with van der Waals surface area (Å²) < 4.78 is 0. The number of rotatable bonds is 3. The zero-order valence-corrected chi connectivity index (χ0v) is 9.56. The van der Waals surface area contributed by atoms with Crippen LogP contribution >= 0.6 is 0 Å². The molecule has 0 radical (unpaired) electrons. The van der Waals surface area contributed by atoms with Crippen molar-refractivity contribution in [3.63, 3.8) is 0 Å². The Morgan fingerprint density at radius 3 is 2.69 bits per heavy atom. The summed E-state index contributed by atoms with van der Waals surface area (Å²) in [6.07, 6.45) is 4.98. The van der Waals surface area contributed by atoms with Gasteiger partial charge in [-0.2, -0.15) is 0 Å². The van der Waals surface area contributed by atoms with Crippen molar-refractivity contribution in [2.75, 3.05) is 20.7 Å². The van der Waals surface area contributed by atoms with Gasteiger partial charge in [-0.25, -0.2) is 5.06 Å². The van der Waals surface area contributed by atoms with Gasteiger partial charge in [-0.3, -0.25) is 24.9 Å². The predicted molar refractivity (Wildman–Crippen MR) is 57.5 cm³/mol. The predicted octanol–water partition coefficient (Wildman–Crippen LogP) is -0.187. The van der Waals surface area contributed by atoms with Crippen LogP contribution in [0.5, 0.6) is 0 Å². The highest BCUT2D eigenvalue weighted by atomic mass is 16.7. The Kier molecular flexibility index (Phi) is 4.07. The molecule has 0 fully saturated rings. The first-order valence-electron chi connectivity index (χ1n) is 4.79. The summed E-state index contributed by atoms with van der Waals surface area (Å²) in [4.78, 5) is 27.2. The average molecular weight is 225 g/mol. The van der Waals surface area contributed by atoms with Gasteiger partial charge in [-0.05, 0) is 6.08 Å². The third kappa shape index (κ3) is 3.09. The second kappa shape index (κ2) is 5.32. The fraction of sp³-hybridized carbons (Fsp3) is 0.400. The van der Waals surface area contributed by atoms with Crippen LogP contribution in [-0.4, -0.2) is 42.6 Å². The molecule has 1 aliphatic heterocycles. The van der Waals surface area contributed by atoms with Crippen molar-refractivity contribution >= 4 is 11.8 Å². The largest absolute Gasteiger partial charge is 0.289 e.